The quantitative estimate of drug-likeness (QED) is 0.178. The second-order valence-electron chi connectivity index (χ2n) is 15.9. The Labute approximate surface area is 361 Å². The van der Waals surface area contributed by atoms with Crippen molar-refractivity contribution >= 4 is 96.8 Å². The predicted molar refractivity (Wildman–Crippen MR) is 262 cm³/mol. The third kappa shape index (κ3) is 5.71. The lowest BCUT2D eigenvalue weighted by atomic mass is 9.98. The van der Waals surface area contributed by atoms with Crippen molar-refractivity contribution in [3.05, 3.63) is 182 Å². The van der Waals surface area contributed by atoms with Gasteiger partial charge in [0.2, 0.25) is 5.95 Å². The Bertz CT molecular complexity index is 3880. The van der Waals surface area contributed by atoms with E-state index in [2.05, 4.69) is 164 Å². The molecule has 0 spiro atoms. The van der Waals surface area contributed by atoms with E-state index in [0.717, 1.165) is 60.6 Å². The van der Waals surface area contributed by atoms with Crippen LogP contribution >= 0.6 is 11.3 Å². The lowest BCUT2D eigenvalue weighted by Gasteiger charge is -2.13. The van der Waals surface area contributed by atoms with E-state index in [-0.39, 0.29) is 0 Å². The van der Waals surface area contributed by atoms with Crippen LogP contribution in [0, 0.1) is 0 Å². The largest absolute Gasteiger partial charge is 0.456 e. The second kappa shape index (κ2) is 14.5. The minimum absolute atomic E-state index is 0.552. The Kier molecular flexibility index (Phi) is 8.47. The van der Waals surface area contributed by atoms with Crippen LogP contribution in [0.3, 0.4) is 0 Å². The molecule has 4 aromatic heterocycles. The molecule has 0 radical (unpaired) electrons. The number of fused-ring (bicyclic) bond motifs is 13. The first-order valence-corrected chi connectivity index (χ1v) is 22.0. The number of rotatable bonds is 4. The highest BCUT2D eigenvalue weighted by Gasteiger charge is 2.23. The normalized spacial score (nSPS) is 11.8. The van der Waals surface area contributed by atoms with Gasteiger partial charge in [-0.3, -0.25) is 4.57 Å². The van der Waals surface area contributed by atoms with Gasteiger partial charge in [0.1, 0.15) is 11.2 Å². The maximum Gasteiger partial charge on any atom is 0.238 e. The van der Waals surface area contributed by atoms with E-state index in [4.69, 9.17) is 19.4 Å². The summed E-state index contributed by atoms with van der Waals surface area (Å²) in [6.07, 6.45) is 1.25. The monoisotopic (exact) mass is 814 g/mol. The molecule has 0 unspecified atom stereocenters. The molecule has 0 N–H and O–H groups in total. The Morgan fingerprint density at radius 3 is 1.89 bits per heavy atom. The average molecular weight is 815 g/mol. The highest BCUT2D eigenvalue weighted by atomic mass is 32.1. The molecule has 0 aliphatic rings. The van der Waals surface area contributed by atoms with Crippen molar-refractivity contribution in [3.63, 3.8) is 0 Å². The number of thiophene rings is 1. The van der Waals surface area contributed by atoms with E-state index in [1.165, 1.54) is 53.5 Å². The number of para-hydroxylation sites is 2. The molecule has 9 aromatic carbocycles. The van der Waals surface area contributed by atoms with Crippen molar-refractivity contribution in [2.24, 2.45) is 0 Å². The third-order valence-corrected chi connectivity index (χ3v) is 13.0. The summed E-state index contributed by atoms with van der Waals surface area (Å²) in [5.41, 5.74) is 7.75. The molecule has 4 heterocycles. The first-order chi connectivity index (χ1) is 30.6. The summed E-state index contributed by atoms with van der Waals surface area (Å²) in [5.74, 6) is 1.72. The molecule has 13 aromatic rings. The summed E-state index contributed by atoms with van der Waals surface area (Å²) in [6.45, 7) is 4.25. The van der Waals surface area contributed by atoms with E-state index in [9.17, 15) is 0 Å². The Balaban J connectivity index is 0.00000133. The van der Waals surface area contributed by atoms with Crippen LogP contribution in [0.25, 0.3) is 125 Å². The minimum atomic E-state index is 0.552. The molecule has 0 bridgehead atoms. The zero-order valence-corrected chi connectivity index (χ0v) is 34.9. The van der Waals surface area contributed by atoms with E-state index in [1.807, 2.05) is 47.7 Å². The van der Waals surface area contributed by atoms with Gasteiger partial charge in [0, 0.05) is 58.4 Å². The number of hydrogen-bond acceptors (Lipinski definition) is 5. The van der Waals surface area contributed by atoms with E-state index in [1.54, 1.807) is 0 Å². The van der Waals surface area contributed by atoms with Gasteiger partial charge in [-0.25, -0.2) is 4.98 Å². The lowest BCUT2D eigenvalue weighted by molar-refractivity contribution is 0.669. The molecular weight excluding hydrogens is 777 g/mol. The molecule has 0 saturated carbocycles. The van der Waals surface area contributed by atoms with Crippen molar-refractivity contribution in [3.8, 4) is 39.9 Å². The summed E-state index contributed by atoms with van der Waals surface area (Å²) in [5, 5.41) is 12.0. The number of furan rings is 1. The molecular formula is C56H38N4OS. The Hall–Kier alpha value is -7.67. The average Bonchev–Trinajstić information content (AvgIpc) is 4.01. The summed E-state index contributed by atoms with van der Waals surface area (Å²) in [7, 11) is 0. The van der Waals surface area contributed by atoms with Crippen LogP contribution in [0.4, 0.5) is 0 Å². The molecule has 294 valence electrons. The van der Waals surface area contributed by atoms with E-state index in [0.29, 0.717) is 17.6 Å². The second-order valence-corrected chi connectivity index (χ2v) is 16.9. The molecule has 0 aliphatic heterocycles. The lowest BCUT2D eigenvalue weighted by Crippen LogP contribution is -2.07. The molecule has 5 nitrogen and oxygen atoms in total. The van der Waals surface area contributed by atoms with Crippen LogP contribution in [0.5, 0.6) is 0 Å². The molecule has 62 heavy (non-hydrogen) atoms. The van der Waals surface area contributed by atoms with Crippen molar-refractivity contribution in [2.75, 3.05) is 0 Å². The van der Waals surface area contributed by atoms with Crippen molar-refractivity contribution in [1.29, 1.82) is 0 Å². The summed E-state index contributed by atoms with van der Waals surface area (Å²) < 4.78 is 11.2. The SMILES string of the molecule is CCC.c1ccc(-c2nc(-c3ccc4c(c3)oc3ccccc34)nc(-n3c4ccc5ccccc5c4c4cccc(-c5ccc6c(c5)sc5ccc7ccccc7c56)c43)n2)cc1. The summed E-state index contributed by atoms with van der Waals surface area (Å²) in [4.78, 5) is 15.8. The van der Waals surface area contributed by atoms with Crippen LogP contribution in [0.1, 0.15) is 20.3 Å². The maximum atomic E-state index is 6.35. The van der Waals surface area contributed by atoms with Gasteiger partial charge in [0.05, 0.1) is 11.0 Å². The fourth-order valence-electron chi connectivity index (χ4n) is 9.17. The van der Waals surface area contributed by atoms with Crippen LogP contribution in [-0.2, 0) is 0 Å². The van der Waals surface area contributed by atoms with Crippen LogP contribution < -0.4 is 0 Å². The van der Waals surface area contributed by atoms with Gasteiger partial charge in [0.15, 0.2) is 11.6 Å². The molecule has 0 saturated heterocycles. The van der Waals surface area contributed by atoms with Gasteiger partial charge < -0.3 is 4.42 Å². The van der Waals surface area contributed by atoms with Crippen molar-refractivity contribution in [1.82, 2.24) is 19.5 Å². The maximum absolute atomic E-state index is 6.35. The van der Waals surface area contributed by atoms with Crippen molar-refractivity contribution < 1.29 is 4.42 Å². The van der Waals surface area contributed by atoms with Gasteiger partial charge in [-0.05, 0) is 63.5 Å². The van der Waals surface area contributed by atoms with Crippen LogP contribution in [-0.4, -0.2) is 19.5 Å². The van der Waals surface area contributed by atoms with Crippen LogP contribution in [0.15, 0.2) is 186 Å². The van der Waals surface area contributed by atoms with Gasteiger partial charge in [-0.1, -0.05) is 166 Å². The van der Waals surface area contributed by atoms with Crippen LogP contribution in [0.2, 0.25) is 0 Å². The standard InChI is InChI=1S/C53H30N4OS.C3H8/c1-2-13-33(14-3-1)51-54-52(35-22-25-40-39-17-8-9-20-44(39)58-45(40)29-35)56-53(55-51)57-43-27-23-31-11-4-6-15-36(31)48(43)42-19-10-18-38(50(42)57)34-21-26-41-47(30-34)59-46-28-24-32-12-5-7-16-37(32)49(41)46;1-3-2/h1-30H;3H2,1-2H3. The topological polar surface area (TPSA) is 56.7 Å². The third-order valence-electron chi connectivity index (χ3n) is 11.8. The summed E-state index contributed by atoms with van der Waals surface area (Å²) >= 11 is 1.85. The fourth-order valence-corrected chi connectivity index (χ4v) is 10.3. The molecule has 0 atom stereocenters. The van der Waals surface area contributed by atoms with E-state index >= 15 is 0 Å². The zero-order chi connectivity index (χ0) is 41.3. The fraction of sp³-hybridized carbons (Fsp3) is 0.0536. The van der Waals surface area contributed by atoms with Crippen molar-refractivity contribution in [2.45, 2.75) is 20.3 Å². The van der Waals surface area contributed by atoms with E-state index < -0.39 is 0 Å². The molecule has 0 amide bonds. The smallest absolute Gasteiger partial charge is 0.238 e. The van der Waals surface area contributed by atoms with Gasteiger partial charge in [-0.15, -0.1) is 11.3 Å². The van der Waals surface area contributed by atoms with Gasteiger partial charge >= 0.3 is 0 Å². The number of hydrogen-bond donors (Lipinski definition) is 0. The van der Waals surface area contributed by atoms with Gasteiger partial charge in [-0.2, -0.15) is 9.97 Å². The summed E-state index contributed by atoms with van der Waals surface area (Å²) in [6, 6.07) is 64.4. The number of aromatic nitrogens is 4. The highest BCUT2D eigenvalue weighted by molar-refractivity contribution is 7.26. The molecule has 0 aliphatic carbocycles. The Morgan fingerprint density at radius 2 is 1.08 bits per heavy atom. The molecule has 13 rings (SSSR count). The highest BCUT2D eigenvalue weighted by Crippen LogP contribution is 2.44. The van der Waals surface area contributed by atoms with Gasteiger partial charge in [0.25, 0.3) is 0 Å². The zero-order valence-electron chi connectivity index (χ0n) is 34.1. The molecule has 0 fully saturated rings. The Morgan fingerprint density at radius 1 is 0.452 bits per heavy atom. The number of benzene rings is 9. The first-order valence-electron chi connectivity index (χ1n) is 21.2. The first kappa shape index (κ1) is 36.2. The predicted octanol–water partition coefficient (Wildman–Crippen LogP) is 16.0. The number of nitrogens with zero attached hydrogens (tertiary/aromatic N) is 4. The minimum Gasteiger partial charge on any atom is -0.456 e. The molecule has 6 heteroatoms.